The minimum atomic E-state index is 0.343. The number of ether oxygens (including phenoxy) is 2. The van der Waals surface area contributed by atoms with Gasteiger partial charge >= 0.3 is 0 Å². The van der Waals surface area contributed by atoms with Crippen LogP contribution < -0.4 is 9.47 Å². The highest BCUT2D eigenvalue weighted by Gasteiger charge is 2.33. The molecule has 2 aliphatic carbocycles. The molecule has 0 bridgehead atoms. The fourth-order valence-electron chi connectivity index (χ4n) is 5.07. The predicted octanol–water partition coefficient (Wildman–Crippen LogP) is 6.52. The molecule has 0 amide bonds. The summed E-state index contributed by atoms with van der Waals surface area (Å²) in [4.78, 5) is 13.3. The van der Waals surface area contributed by atoms with E-state index in [1.165, 1.54) is 49.7 Å². The van der Waals surface area contributed by atoms with Crippen LogP contribution in [0.5, 0.6) is 11.5 Å². The molecule has 30 heavy (non-hydrogen) atoms. The number of rotatable bonds is 10. The predicted molar refractivity (Wildman–Crippen MR) is 120 cm³/mol. The lowest BCUT2D eigenvalue weighted by Gasteiger charge is -2.36. The van der Waals surface area contributed by atoms with Gasteiger partial charge in [-0.2, -0.15) is 0 Å². The highest BCUT2D eigenvalue weighted by Crippen LogP contribution is 2.45. The van der Waals surface area contributed by atoms with Crippen molar-refractivity contribution in [3.05, 3.63) is 59.7 Å². The van der Waals surface area contributed by atoms with Gasteiger partial charge in [0.1, 0.15) is 17.3 Å². The molecule has 2 aromatic carbocycles. The summed E-state index contributed by atoms with van der Waals surface area (Å²) in [5.41, 5.74) is 2.58. The fraction of sp³-hybridized carbons (Fsp3) is 0.519. The van der Waals surface area contributed by atoms with Crippen molar-refractivity contribution in [1.82, 2.24) is 0 Å². The monoisotopic (exact) mass is 406 g/mol. The van der Waals surface area contributed by atoms with E-state index >= 15 is 0 Å². The molecule has 0 saturated heterocycles. The number of hydrogen-bond acceptors (Lipinski definition) is 3. The van der Waals surface area contributed by atoms with Crippen LogP contribution in [-0.2, 0) is 4.79 Å². The molecule has 2 aliphatic rings. The molecular formula is C27H34O3. The summed E-state index contributed by atoms with van der Waals surface area (Å²) in [6.07, 6.45) is 8.89. The van der Waals surface area contributed by atoms with Gasteiger partial charge in [0.05, 0.1) is 14.2 Å². The summed E-state index contributed by atoms with van der Waals surface area (Å²) in [5, 5.41) is 0. The Hall–Kier alpha value is -2.29. The Labute approximate surface area is 180 Å². The molecule has 0 unspecified atom stereocenters. The summed E-state index contributed by atoms with van der Waals surface area (Å²) in [7, 11) is 3.39. The van der Waals surface area contributed by atoms with Crippen LogP contribution in [0.4, 0.5) is 0 Å². The van der Waals surface area contributed by atoms with Gasteiger partial charge in [0.2, 0.25) is 0 Å². The molecule has 2 saturated carbocycles. The van der Waals surface area contributed by atoms with Crippen molar-refractivity contribution in [3.63, 3.8) is 0 Å². The third-order valence-electron chi connectivity index (χ3n) is 7.42. The zero-order valence-corrected chi connectivity index (χ0v) is 18.3. The number of methoxy groups -OCH3 is 2. The van der Waals surface area contributed by atoms with E-state index in [0.29, 0.717) is 42.3 Å². The average Bonchev–Trinajstić information content (AvgIpc) is 2.70. The summed E-state index contributed by atoms with van der Waals surface area (Å²) in [6.45, 7) is 0. The molecule has 0 heterocycles. The Morgan fingerprint density at radius 2 is 1.10 bits per heavy atom. The van der Waals surface area contributed by atoms with Crippen molar-refractivity contribution in [2.75, 3.05) is 14.2 Å². The van der Waals surface area contributed by atoms with Crippen LogP contribution in [0.3, 0.4) is 0 Å². The molecule has 160 valence electrons. The smallest absolute Gasteiger partial charge is 0.134 e. The molecule has 2 aromatic rings. The van der Waals surface area contributed by atoms with Crippen LogP contribution in [0.1, 0.15) is 74.3 Å². The molecule has 0 spiro atoms. The number of carbonyl (C=O) groups excluding carboxylic acids is 1. The molecule has 0 N–H and O–H groups in total. The van der Waals surface area contributed by atoms with Crippen LogP contribution in [0.15, 0.2) is 48.5 Å². The minimum absolute atomic E-state index is 0.343. The highest BCUT2D eigenvalue weighted by molar-refractivity contribution is 5.80. The van der Waals surface area contributed by atoms with Gasteiger partial charge < -0.3 is 9.47 Å². The topological polar surface area (TPSA) is 35.5 Å². The maximum absolute atomic E-state index is 13.3. The lowest BCUT2D eigenvalue weighted by molar-refractivity contribution is -0.120. The largest absolute Gasteiger partial charge is 0.497 e. The number of carbonyl (C=O) groups is 1. The normalized spacial score (nSPS) is 18.7. The third kappa shape index (κ3) is 4.71. The van der Waals surface area contributed by atoms with E-state index in [4.69, 9.17) is 9.47 Å². The zero-order chi connectivity index (χ0) is 20.9. The fourth-order valence-corrected chi connectivity index (χ4v) is 5.07. The Morgan fingerprint density at radius 1 is 0.733 bits per heavy atom. The number of benzene rings is 2. The Morgan fingerprint density at radius 3 is 1.37 bits per heavy atom. The van der Waals surface area contributed by atoms with Gasteiger partial charge in [-0.1, -0.05) is 37.1 Å². The first kappa shape index (κ1) is 21.0. The maximum Gasteiger partial charge on any atom is 0.134 e. The minimum Gasteiger partial charge on any atom is -0.497 e. The molecular weight excluding hydrogens is 372 g/mol. The van der Waals surface area contributed by atoms with Crippen molar-refractivity contribution < 1.29 is 14.3 Å². The standard InChI is InChI=1S/C27H34O3/c1-29-24-13-9-21(10-14-24)26(19-5-3-6-19)17-23(28)18-27(20-7-4-8-20)22-11-15-25(30-2)16-12-22/h9-16,19-20,26-27H,3-8,17-18H2,1-2H3/t26-,27-/m1/s1. The Balaban J connectivity index is 1.47. The second-order valence-corrected chi connectivity index (χ2v) is 9.09. The van der Waals surface area contributed by atoms with E-state index in [2.05, 4.69) is 24.3 Å². The molecule has 4 rings (SSSR count). The van der Waals surface area contributed by atoms with Crippen molar-refractivity contribution in [3.8, 4) is 11.5 Å². The zero-order valence-electron chi connectivity index (χ0n) is 18.3. The molecule has 2 atom stereocenters. The summed E-state index contributed by atoms with van der Waals surface area (Å²) in [5.74, 6) is 4.14. The highest BCUT2D eigenvalue weighted by atomic mass is 16.5. The average molecular weight is 407 g/mol. The van der Waals surface area contributed by atoms with E-state index in [1.54, 1.807) is 14.2 Å². The number of hydrogen-bond donors (Lipinski definition) is 0. The first-order valence-corrected chi connectivity index (χ1v) is 11.5. The quantitative estimate of drug-likeness (QED) is 0.450. The molecule has 0 radical (unpaired) electrons. The van der Waals surface area contributed by atoms with E-state index in [0.717, 1.165) is 11.5 Å². The molecule has 0 aromatic heterocycles. The van der Waals surface area contributed by atoms with Crippen molar-refractivity contribution in [2.45, 2.75) is 63.2 Å². The molecule has 3 heteroatoms. The van der Waals surface area contributed by atoms with Crippen molar-refractivity contribution in [1.29, 1.82) is 0 Å². The van der Waals surface area contributed by atoms with E-state index in [9.17, 15) is 4.79 Å². The maximum atomic E-state index is 13.3. The van der Waals surface area contributed by atoms with E-state index in [1.807, 2.05) is 24.3 Å². The van der Waals surface area contributed by atoms with E-state index in [-0.39, 0.29) is 0 Å². The van der Waals surface area contributed by atoms with E-state index < -0.39 is 0 Å². The second-order valence-electron chi connectivity index (χ2n) is 9.09. The second kappa shape index (κ2) is 9.68. The molecule has 2 fully saturated rings. The van der Waals surface area contributed by atoms with Gasteiger partial charge in [-0.05, 0) is 84.7 Å². The Bertz CT molecular complexity index is 747. The number of ketones is 1. The lowest BCUT2D eigenvalue weighted by Crippen LogP contribution is -2.26. The van der Waals surface area contributed by atoms with Crippen LogP contribution in [0.2, 0.25) is 0 Å². The first-order valence-electron chi connectivity index (χ1n) is 11.5. The summed E-state index contributed by atoms with van der Waals surface area (Å²) >= 11 is 0. The Kier molecular flexibility index (Phi) is 6.76. The van der Waals surface area contributed by atoms with Crippen LogP contribution >= 0.6 is 0 Å². The van der Waals surface area contributed by atoms with Crippen molar-refractivity contribution in [2.24, 2.45) is 11.8 Å². The molecule has 0 aliphatic heterocycles. The van der Waals surface area contributed by atoms with Gasteiger partial charge in [-0.3, -0.25) is 4.79 Å². The summed E-state index contributed by atoms with van der Waals surface area (Å²) in [6, 6.07) is 16.7. The van der Waals surface area contributed by atoms with Gasteiger partial charge in [0.25, 0.3) is 0 Å². The summed E-state index contributed by atoms with van der Waals surface area (Å²) < 4.78 is 10.6. The van der Waals surface area contributed by atoms with Crippen molar-refractivity contribution >= 4 is 5.78 Å². The molecule has 3 nitrogen and oxygen atoms in total. The van der Waals surface area contributed by atoms with Gasteiger partial charge in [0.15, 0.2) is 0 Å². The number of Topliss-reactive ketones (excluding diaryl/α,β-unsaturated/α-hetero) is 1. The first-order chi connectivity index (χ1) is 14.7. The third-order valence-corrected chi connectivity index (χ3v) is 7.42. The SMILES string of the molecule is COc1ccc([C@H](CC(=O)C[C@@H](c2ccc(OC)cc2)C2CCC2)C2CCC2)cc1. The van der Waals surface area contributed by atoms with Gasteiger partial charge in [0, 0.05) is 12.8 Å². The van der Waals surface area contributed by atoms with Crippen LogP contribution in [0.25, 0.3) is 0 Å². The van der Waals surface area contributed by atoms with Crippen LogP contribution in [-0.4, -0.2) is 20.0 Å². The van der Waals surface area contributed by atoms with Gasteiger partial charge in [-0.25, -0.2) is 0 Å². The van der Waals surface area contributed by atoms with Crippen LogP contribution in [0, 0.1) is 11.8 Å². The lowest BCUT2D eigenvalue weighted by atomic mass is 9.68. The van der Waals surface area contributed by atoms with Gasteiger partial charge in [-0.15, -0.1) is 0 Å².